The van der Waals surface area contributed by atoms with Gasteiger partial charge in [-0.2, -0.15) is 0 Å². The fourth-order valence-electron chi connectivity index (χ4n) is 5.31. The van der Waals surface area contributed by atoms with Gasteiger partial charge >= 0.3 is 0 Å². The molecule has 0 radical (unpaired) electrons. The number of nitrogens with two attached hydrogens (primary N) is 1. The van der Waals surface area contributed by atoms with Gasteiger partial charge in [0.05, 0.1) is 0 Å². The molecule has 4 rings (SSSR count). The van der Waals surface area contributed by atoms with Crippen LogP contribution >= 0.6 is 0 Å². The highest BCUT2D eigenvalue weighted by molar-refractivity contribution is 5.92. The van der Waals surface area contributed by atoms with Gasteiger partial charge in [0.25, 0.3) is 5.96 Å². The number of H-pyrrole nitrogens is 1. The Balaban J connectivity index is 1.42. The molecule has 0 aliphatic rings. The number of fused-ring (bicyclic) bond motifs is 1. The second-order valence-electron chi connectivity index (χ2n) is 11.5. The van der Waals surface area contributed by atoms with Crippen molar-refractivity contribution < 1.29 is 19.4 Å². The molecule has 13 nitrogen and oxygen atoms in total. The van der Waals surface area contributed by atoms with E-state index >= 15 is 0 Å². The number of rotatable bonds is 17. The molecule has 0 saturated heterocycles. The zero-order valence-electron chi connectivity index (χ0n) is 26.9. The maximum atomic E-state index is 13.7. The second-order valence-corrected chi connectivity index (χ2v) is 11.5. The molecule has 252 valence electrons. The van der Waals surface area contributed by atoms with Crippen molar-refractivity contribution in [2.24, 2.45) is 10.8 Å². The fourth-order valence-corrected chi connectivity index (χ4v) is 5.31. The topological polar surface area (TPSA) is 197 Å². The van der Waals surface area contributed by atoms with Crippen molar-refractivity contribution in [1.82, 2.24) is 26.3 Å². The maximum Gasteiger partial charge on any atom is 0.266 e. The Labute approximate surface area is 278 Å². The minimum Gasteiger partial charge on any atom is -0.365 e. The largest absolute Gasteiger partial charge is 0.365 e. The summed E-state index contributed by atoms with van der Waals surface area (Å²) in [5.41, 5.74) is 10.6. The number of carbonyl (C=O) groups is 3. The molecule has 3 aromatic carbocycles. The lowest BCUT2D eigenvalue weighted by Crippen LogP contribution is -2.54. The van der Waals surface area contributed by atoms with Crippen molar-refractivity contribution in [2.45, 2.75) is 57.5 Å². The van der Waals surface area contributed by atoms with E-state index in [1.54, 1.807) is 0 Å². The van der Waals surface area contributed by atoms with E-state index in [0.29, 0.717) is 25.8 Å². The quantitative estimate of drug-likeness (QED) is 0.0331. The van der Waals surface area contributed by atoms with Crippen LogP contribution in [-0.2, 0) is 33.6 Å². The standard InChI is InChI=1S/C35H42N8O5/c1-24-13-15-25(16-14-24)17-18-32(44)40-31(22-26-8-3-2-4-9-26)34(46)41-30(12-7-20-38-35(36)42-43(47)48)33(45)37-21-19-27-23-39-29-11-6-5-10-28(27)29/h2-6,8-11,13-16,23,30-31,39H,7,12,17-22H2,1H3,(H,37,45)(H,40,44)(H,41,46)(H3,36,38,42)/t30-,31+/m0/s1. The Morgan fingerprint density at radius 2 is 1.58 bits per heavy atom. The summed E-state index contributed by atoms with van der Waals surface area (Å²) in [5.74, 6) is -1.53. The van der Waals surface area contributed by atoms with Gasteiger partial charge in [0.15, 0.2) is 5.03 Å². The molecule has 7 N–H and O–H groups in total. The van der Waals surface area contributed by atoms with Crippen LogP contribution in [0.4, 0.5) is 0 Å². The van der Waals surface area contributed by atoms with E-state index in [9.17, 15) is 24.5 Å². The highest BCUT2D eigenvalue weighted by atomic mass is 16.7. The zero-order valence-corrected chi connectivity index (χ0v) is 26.9. The first-order chi connectivity index (χ1) is 23.2. The van der Waals surface area contributed by atoms with Crippen molar-refractivity contribution in [3.8, 4) is 0 Å². The zero-order chi connectivity index (χ0) is 34.3. The molecule has 3 amide bonds. The van der Waals surface area contributed by atoms with Crippen molar-refractivity contribution in [1.29, 1.82) is 0 Å². The van der Waals surface area contributed by atoms with E-state index in [1.807, 2.05) is 92.0 Å². The number of hydrogen-bond donors (Lipinski definition) is 6. The lowest BCUT2D eigenvalue weighted by atomic mass is 10.0. The van der Waals surface area contributed by atoms with E-state index in [1.165, 1.54) is 0 Å². The van der Waals surface area contributed by atoms with Crippen molar-refractivity contribution in [3.63, 3.8) is 0 Å². The summed E-state index contributed by atoms with van der Waals surface area (Å²) < 4.78 is 0. The summed E-state index contributed by atoms with van der Waals surface area (Å²) in [6.07, 6.45) is 3.95. The van der Waals surface area contributed by atoms with Gasteiger partial charge in [-0.25, -0.2) is 10.1 Å². The molecule has 0 saturated carbocycles. The monoisotopic (exact) mass is 654 g/mol. The maximum absolute atomic E-state index is 13.7. The first-order valence-corrected chi connectivity index (χ1v) is 15.9. The minimum atomic E-state index is -0.946. The van der Waals surface area contributed by atoms with Crippen molar-refractivity contribution in [3.05, 3.63) is 117 Å². The normalized spacial score (nSPS) is 12.6. The van der Waals surface area contributed by atoms with Crippen molar-refractivity contribution in [2.75, 3.05) is 13.1 Å². The fraction of sp³-hybridized carbons (Fsp3) is 0.314. The summed E-state index contributed by atoms with van der Waals surface area (Å²) in [4.78, 5) is 54.1. The molecule has 0 spiro atoms. The number of amides is 3. The Hall–Kier alpha value is -5.72. The van der Waals surface area contributed by atoms with Gasteiger partial charge in [0.1, 0.15) is 17.2 Å². The number of hydrogen-bond acceptors (Lipinski definition) is 5. The number of benzene rings is 3. The van der Waals surface area contributed by atoms with Crippen LogP contribution in [0, 0.1) is 17.0 Å². The molecule has 0 aliphatic heterocycles. The third kappa shape index (κ3) is 11.3. The van der Waals surface area contributed by atoms with E-state index in [-0.39, 0.29) is 43.6 Å². The number of para-hydroxylation sites is 1. The van der Waals surface area contributed by atoms with Crippen LogP contribution in [0.15, 0.2) is 90.2 Å². The summed E-state index contributed by atoms with van der Waals surface area (Å²) in [5, 5.41) is 25.0. The molecule has 4 aromatic rings. The van der Waals surface area contributed by atoms with E-state index in [0.717, 1.165) is 33.2 Å². The van der Waals surface area contributed by atoms with Crippen LogP contribution in [-0.4, -0.2) is 58.9 Å². The summed E-state index contributed by atoms with van der Waals surface area (Å²) in [6.45, 7) is 2.51. The second kappa shape index (κ2) is 17.8. The number of aryl methyl sites for hydroxylation is 2. The van der Waals surface area contributed by atoms with Gasteiger partial charge in [-0.1, -0.05) is 78.4 Å². The Morgan fingerprint density at radius 1 is 0.854 bits per heavy atom. The molecule has 2 atom stereocenters. The number of nitrogens with one attached hydrogen (secondary N) is 5. The predicted octanol–water partition coefficient (Wildman–Crippen LogP) is 2.86. The van der Waals surface area contributed by atoms with Crippen molar-refractivity contribution >= 4 is 34.6 Å². The molecule has 0 fully saturated rings. The first kappa shape index (κ1) is 35.1. The van der Waals surface area contributed by atoms with Gasteiger partial charge in [-0.05, 0) is 55.4 Å². The highest BCUT2D eigenvalue weighted by Crippen LogP contribution is 2.17. The molecular weight excluding hydrogens is 612 g/mol. The average molecular weight is 655 g/mol. The third-order valence-corrected chi connectivity index (χ3v) is 7.86. The lowest BCUT2D eigenvalue weighted by molar-refractivity contribution is -0.485. The molecule has 0 bridgehead atoms. The van der Waals surface area contributed by atoms with Gasteiger partial charge in [-0.15, -0.1) is 0 Å². The smallest absolute Gasteiger partial charge is 0.266 e. The number of aromatic nitrogens is 1. The van der Waals surface area contributed by atoms with Gasteiger partial charge in [0.2, 0.25) is 17.7 Å². The van der Waals surface area contributed by atoms with E-state index < -0.39 is 23.0 Å². The first-order valence-electron chi connectivity index (χ1n) is 15.9. The van der Waals surface area contributed by atoms with Crippen LogP contribution < -0.4 is 27.0 Å². The minimum absolute atomic E-state index is 0.182. The van der Waals surface area contributed by atoms with Gasteiger partial charge in [0, 0.05) is 43.0 Å². The number of guanidine groups is 1. The van der Waals surface area contributed by atoms with Crippen LogP contribution in [0.25, 0.3) is 10.9 Å². The number of nitro groups is 1. The molecule has 0 unspecified atom stereocenters. The Kier molecular flexibility index (Phi) is 13.1. The van der Waals surface area contributed by atoms with Crippen LogP contribution in [0.1, 0.15) is 41.5 Å². The number of hydrazone groups is 1. The van der Waals surface area contributed by atoms with Crippen LogP contribution in [0.3, 0.4) is 0 Å². The van der Waals surface area contributed by atoms with E-state index in [4.69, 9.17) is 5.73 Å². The molecular formula is C35H42N8O5. The average Bonchev–Trinajstić information content (AvgIpc) is 3.48. The Morgan fingerprint density at radius 3 is 2.33 bits per heavy atom. The lowest BCUT2D eigenvalue weighted by Gasteiger charge is -2.23. The molecule has 1 aromatic heterocycles. The molecule has 1 heterocycles. The molecule has 13 heteroatoms. The number of aromatic amines is 1. The van der Waals surface area contributed by atoms with E-state index in [2.05, 4.69) is 31.4 Å². The highest BCUT2D eigenvalue weighted by Gasteiger charge is 2.27. The van der Waals surface area contributed by atoms with Crippen LogP contribution in [0.5, 0.6) is 0 Å². The predicted molar refractivity (Wildman–Crippen MR) is 184 cm³/mol. The third-order valence-electron chi connectivity index (χ3n) is 7.86. The molecule has 0 aliphatic carbocycles. The summed E-state index contributed by atoms with van der Waals surface area (Å²) >= 11 is 0. The number of nitrogens with zero attached hydrogens (tertiary/aromatic N) is 2. The summed E-state index contributed by atoms with van der Waals surface area (Å²) in [7, 11) is 0. The van der Waals surface area contributed by atoms with Gasteiger partial charge in [-0.3, -0.25) is 14.4 Å². The summed E-state index contributed by atoms with van der Waals surface area (Å²) in [6, 6.07) is 23.3. The SMILES string of the molecule is Cc1ccc(CCC(=O)N[C@H](Cc2ccccc2)C(=O)N[C@@H](CCCN/C(N)=N/[N+](=O)[O-])C(=O)NCCc2c[nH]c3ccccc23)cc1. The Bertz CT molecular complexity index is 1700. The number of carbonyl (C=O) groups excluding carboxylic acids is 3. The van der Waals surface area contributed by atoms with Gasteiger partial charge < -0.3 is 32.0 Å². The molecule has 48 heavy (non-hydrogen) atoms. The van der Waals surface area contributed by atoms with Crippen LogP contribution in [0.2, 0.25) is 0 Å².